The Kier molecular flexibility index (Phi) is 9.41. The van der Waals surface area contributed by atoms with Gasteiger partial charge in [0.25, 0.3) is 0 Å². The van der Waals surface area contributed by atoms with E-state index >= 15 is 0 Å². The Labute approximate surface area is 149 Å². The summed E-state index contributed by atoms with van der Waals surface area (Å²) in [5, 5.41) is 3.20. The minimum Gasteiger partial charge on any atom is -0.464 e. The maximum absolute atomic E-state index is 12.5. The summed E-state index contributed by atoms with van der Waals surface area (Å²) in [7, 11) is 0. The number of carbonyl (C=O) groups is 3. The molecule has 0 spiro atoms. The van der Waals surface area contributed by atoms with Crippen molar-refractivity contribution in [2.24, 2.45) is 11.8 Å². The molecule has 0 aromatic rings. The van der Waals surface area contributed by atoms with E-state index in [-0.39, 0.29) is 28.2 Å². The van der Waals surface area contributed by atoms with E-state index in [9.17, 15) is 14.4 Å². The van der Waals surface area contributed by atoms with E-state index in [2.05, 4.69) is 5.32 Å². The lowest BCUT2D eigenvalue weighted by Crippen LogP contribution is -2.45. The van der Waals surface area contributed by atoms with Crippen molar-refractivity contribution in [3.63, 3.8) is 0 Å². The van der Waals surface area contributed by atoms with Gasteiger partial charge in [0.05, 0.1) is 6.61 Å². The van der Waals surface area contributed by atoms with Crippen LogP contribution in [0.4, 0.5) is 0 Å². The minimum absolute atomic E-state index is 0.0836. The fourth-order valence-corrected chi connectivity index (χ4v) is 3.96. The average molecular weight is 358 g/mol. The third kappa shape index (κ3) is 7.69. The summed E-state index contributed by atoms with van der Waals surface area (Å²) < 4.78 is 5.28. The standard InChI is InChI=1S/C18H31NO4S/c1-5-6-9-23-18(22)16(10-12(2)3)19-17(21)14-7-8-15(11-14)24-13(4)20/h12,14-16H,5-11H2,1-4H3,(H,19,21)/t14?,15?,16-/m0/s1. The van der Waals surface area contributed by atoms with Gasteiger partial charge in [-0.05, 0) is 38.0 Å². The number of thioether (sulfide) groups is 1. The van der Waals surface area contributed by atoms with Crippen molar-refractivity contribution in [3.8, 4) is 0 Å². The van der Waals surface area contributed by atoms with Gasteiger partial charge in [-0.15, -0.1) is 0 Å². The molecule has 1 aliphatic carbocycles. The molecule has 0 radical (unpaired) electrons. The highest BCUT2D eigenvalue weighted by atomic mass is 32.2. The van der Waals surface area contributed by atoms with Gasteiger partial charge in [0, 0.05) is 18.1 Å². The highest BCUT2D eigenvalue weighted by Crippen LogP contribution is 2.34. The van der Waals surface area contributed by atoms with Crippen LogP contribution in [0.2, 0.25) is 0 Å². The van der Waals surface area contributed by atoms with Crippen LogP contribution in [-0.4, -0.2) is 34.9 Å². The summed E-state index contributed by atoms with van der Waals surface area (Å²) in [6.45, 7) is 8.04. The number of ether oxygens (including phenoxy) is 1. The van der Waals surface area contributed by atoms with Crippen LogP contribution in [0, 0.1) is 11.8 Å². The molecule has 1 saturated carbocycles. The first-order chi connectivity index (χ1) is 11.3. The van der Waals surface area contributed by atoms with Crippen molar-refractivity contribution in [1.29, 1.82) is 0 Å². The smallest absolute Gasteiger partial charge is 0.328 e. The molecule has 0 saturated heterocycles. The number of hydrogen-bond donors (Lipinski definition) is 1. The van der Waals surface area contributed by atoms with Crippen molar-refractivity contribution in [1.82, 2.24) is 5.32 Å². The molecule has 6 heteroatoms. The number of unbranched alkanes of at least 4 members (excludes halogenated alkanes) is 1. The molecule has 0 aliphatic heterocycles. The largest absolute Gasteiger partial charge is 0.464 e. The van der Waals surface area contributed by atoms with Gasteiger partial charge in [0.1, 0.15) is 6.04 Å². The zero-order valence-electron chi connectivity index (χ0n) is 15.3. The van der Waals surface area contributed by atoms with Crippen LogP contribution in [0.1, 0.15) is 66.2 Å². The van der Waals surface area contributed by atoms with Crippen LogP contribution in [0.5, 0.6) is 0 Å². The molecule has 0 bridgehead atoms. The summed E-state index contributed by atoms with van der Waals surface area (Å²) in [5.74, 6) is -0.239. The average Bonchev–Trinajstić information content (AvgIpc) is 2.94. The quantitative estimate of drug-likeness (QED) is 0.506. The second-order valence-electron chi connectivity index (χ2n) is 6.95. The molecule has 0 aromatic heterocycles. The lowest BCUT2D eigenvalue weighted by atomic mass is 10.0. The number of carbonyl (C=O) groups excluding carboxylic acids is 3. The Morgan fingerprint density at radius 3 is 2.54 bits per heavy atom. The number of hydrogen-bond acceptors (Lipinski definition) is 5. The predicted molar refractivity (Wildman–Crippen MR) is 96.7 cm³/mol. The van der Waals surface area contributed by atoms with Crippen LogP contribution in [0.3, 0.4) is 0 Å². The molecule has 1 amide bonds. The fourth-order valence-electron chi connectivity index (χ4n) is 2.91. The van der Waals surface area contributed by atoms with Gasteiger partial charge in [0.15, 0.2) is 5.12 Å². The SMILES string of the molecule is CCCCOC(=O)[C@H](CC(C)C)NC(=O)C1CCC(SC(C)=O)C1. The topological polar surface area (TPSA) is 72.5 Å². The summed E-state index contributed by atoms with van der Waals surface area (Å²) in [5.41, 5.74) is 0. The predicted octanol–water partition coefficient (Wildman–Crippen LogP) is 3.31. The molecule has 1 N–H and O–H groups in total. The summed E-state index contributed by atoms with van der Waals surface area (Å²) in [6, 6.07) is -0.575. The highest BCUT2D eigenvalue weighted by molar-refractivity contribution is 8.14. The van der Waals surface area contributed by atoms with Crippen LogP contribution in [0.25, 0.3) is 0 Å². The first-order valence-electron chi connectivity index (χ1n) is 8.97. The molecule has 5 nitrogen and oxygen atoms in total. The van der Waals surface area contributed by atoms with E-state index in [1.165, 1.54) is 11.8 Å². The van der Waals surface area contributed by atoms with Gasteiger partial charge in [-0.25, -0.2) is 4.79 Å². The monoisotopic (exact) mass is 357 g/mol. The first-order valence-corrected chi connectivity index (χ1v) is 9.85. The van der Waals surface area contributed by atoms with Gasteiger partial charge in [0.2, 0.25) is 5.91 Å². The van der Waals surface area contributed by atoms with Crippen molar-refractivity contribution in [2.75, 3.05) is 6.61 Å². The molecule has 2 unspecified atom stereocenters. The molecular formula is C18H31NO4S. The van der Waals surface area contributed by atoms with Gasteiger partial charge in [-0.3, -0.25) is 9.59 Å². The zero-order valence-corrected chi connectivity index (χ0v) is 16.1. The first kappa shape index (κ1) is 21.0. The van der Waals surface area contributed by atoms with E-state index in [0.29, 0.717) is 25.4 Å². The number of rotatable bonds is 9. The van der Waals surface area contributed by atoms with Crippen LogP contribution in [-0.2, 0) is 19.1 Å². The van der Waals surface area contributed by atoms with Gasteiger partial charge in [-0.2, -0.15) is 0 Å². The molecule has 1 aliphatic rings. The Bertz CT molecular complexity index is 439. The highest BCUT2D eigenvalue weighted by Gasteiger charge is 2.33. The lowest BCUT2D eigenvalue weighted by Gasteiger charge is -2.21. The Morgan fingerprint density at radius 1 is 1.25 bits per heavy atom. The normalized spacial score (nSPS) is 21.5. The van der Waals surface area contributed by atoms with E-state index < -0.39 is 6.04 Å². The second-order valence-corrected chi connectivity index (χ2v) is 8.43. The second kappa shape index (κ2) is 10.7. The van der Waals surface area contributed by atoms with Crippen molar-refractivity contribution in [2.45, 2.75) is 77.5 Å². The number of esters is 1. The summed E-state index contributed by atoms with van der Waals surface area (Å²) >= 11 is 1.32. The van der Waals surface area contributed by atoms with Gasteiger partial charge < -0.3 is 10.1 Å². The molecule has 0 heterocycles. The number of amides is 1. The molecule has 138 valence electrons. The van der Waals surface area contributed by atoms with Crippen molar-refractivity contribution >= 4 is 28.8 Å². The Morgan fingerprint density at radius 2 is 1.96 bits per heavy atom. The van der Waals surface area contributed by atoms with Crippen molar-refractivity contribution in [3.05, 3.63) is 0 Å². The van der Waals surface area contributed by atoms with E-state index in [1.807, 2.05) is 20.8 Å². The van der Waals surface area contributed by atoms with Gasteiger partial charge >= 0.3 is 5.97 Å². The molecule has 3 atom stereocenters. The fraction of sp³-hybridized carbons (Fsp3) is 0.833. The molecule has 24 heavy (non-hydrogen) atoms. The molecular weight excluding hydrogens is 326 g/mol. The van der Waals surface area contributed by atoms with Gasteiger partial charge in [-0.1, -0.05) is 39.0 Å². The minimum atomic E-state index is -0.575. The maximum atomic E-state index is 12.5. The van der Waals surface area contributed by atoms with Crippen molar-refractivity contribution < 1.29 is 19.1 Å². The van der Waals surface area contributed by atoms with E-state index in [0.717, 1.165) is 25.7 Å². The zero-order chi connectivity index (χ0) is 18.1. The maximum Gasteiger partial charge on any atom is 0.328 e. The lowest BCUT2D eigenvalue weighted by molar-refractivity contribution is -0.149. The van der Waals surface area contributed by atoms with Crippen LogP contribution in [0.15, 0.2) is 0 Å². The molecule has 1 fully saturated rings. The molecule has 0 aromatic carbocycles. The van der Waals surface area contributed by atoms with E-state index in [1.54, 1.807) is 6.92 Å². The van der Waals surface area contributed by atoms with Crippen LogP contribution < -0.4 is 5.32 Å². The third-order valence-electron chi connectivity index (χ3n) is 4.14. The molecule has 1 rings (SSSR count). The Balaban J connectivity index is 2.54. The Hall–Kier alpha value is -1.04. The van der Waals surface area contributed by atoms with Crippen LogP contribution >= 0.6 is 11.8 Å². The van der Waals surface area contributed by atoms with E-state index in [4.69, 9.17) is 4.74 Å². The summed E-state index contributed by atoms with van der Waals surface area (Å²) in [6.07, 6.45) is 4.73. The third-order valence-corrected chi connectivity index (χ3v) is 5.23. The summed E-state index contributed by atoms with van der Waals surface area (Å²) in [4.78, 5) is 35.9. The number of nitrogens with one attached hydrogen (secondary N) is 1.